The van der Waals surface area contributed by atoms with Gasteiger partial charge in [-0.15, -0.1) is 0 Å². The number of esters is 1. The quantitative estimate of drug-likeness (QED) is 0.878. The smallest absolute Gasteiger partial charge is 0.355 e. The minimum atomic E-state index is -0.905. The number of carbonyl (C=O) groups excluding carboxylic acids is 2. The number of ether oxygens (including phenoxy) is 1. The van der Waals surface area contributed by atoms with Crippen molar-refractivity contribution in [1.82, 2.24) is 4.57 Å². The van der Waals surface area contributed by atoms with E-state index in [1.54, 1.807) is 29.9 Å². The van der Waals surface area contributed by atoms with Gasteiger partial charge in [0.1, 0.15) is 17.3 Å². The van der Waals surface area contributed by atoms with Gasteiger partial charge in [-0.3, -0.25) is 4.79 Å². The molecule has 2 rings (SSSR count). The van der Waals surface area contributed by atoms with Gasteiger partial charge in [0.25, 0.3) is 5.91 Å². The third-order valence-corrected chi connectivity index (χ3v) is 2.69. The first-order valence-corrected chi connectivity index (χ1v) is 6.00. The van der Waals surface area contributed by atoms with Crippen molar-refractivity contribution in [2.75, 3.05) is 11.9 Å². The Morgan fingerprint density at radius 3 is 2.67 bits per heavy atom. The van der Waals surface area contributed by atoms with E-state index in [2.05, 4.69) is 5.32 Å². The topological polar surface area (TPSA) is 60.3 Å². The fraction of sp³-hybridized carbons (Fsp3) is 0.143. The number of benzene rings is 1. The molecular formula is C14H12F2N2O3. The van der Waals surface area contributed by atoms with Gasteiger partial charge < -0.3 is 14.6 Å². The number of halogens is 2. The number of amides is 1. The molecule has 0 aliphatic rings. The Kier molecular flexibility index (Phi) is 4.32. The summed E-state index contributed by atoms with van der Waals surface area (Å²) in [5.74, 6) is -3.04. The molecule has 1 aromatic heterocycles. The number of nitrogens with zero attached hydrogens (tertiary/aromatic N) is 1. The van der Waals surface area contributed by atoms with Crippen molar-refractivity contribution >= 4 is 17.6 Å². The van der Waals surface area contributed by atoms with E-state index >= 15 is 0 Å². The Labute approximate surface area is 119 Å². The molecule has 1 aromatic carbocycles. The summed E-state index contributed by atoms with van der Waals surface area (Å²) in [6.07, 6.45) is 1.66. The molecule has 21 heavy (non-hydrogen) atoms. The predicted molar refractivity (Wildman–Crippen MR) is 70.7 cm³/mol. The van der Waals surface area contributed by atoms with Crippen LogP contribution >= 0.6 is 0 Å². The van der Waals surface area contributed by atoms with E-state index in [1.807, 2.05) is 0 Å². The molecule has 1 heterocycles. The normalized spacial score (nSPS) is 10.2. The van der Waals surface area contributed by atoms with E-state index in [0.717, 1.165) is 12.1 Å². The lowest BCUT2D eigenvalue weighted by molar-refractivity contribution is -0.119. The second kappa shape index (κ2) is 6.17. The summed E-state index contributed by atoms with van der Waals surface area (Å²) < 4.78 is 32.4. The van der Waals surface area contributed by atoms with Gasteiger partial charge >= 0.3 is 5.97 Å². The largest absolute Gasteiger partial charge is 0.451 e. The van der Waals surface area contributed by atoms with E-state index in [1.165, 1.54) is 0 Å². The SMILES string of the molecule is Cn1cccc1C(=O)OCC(=O)Nc1ccc(F)cc1F. The molecule has 5 nitrogen and oxygen atoms in total. The summed E-state index contributed by atoms with van der Waals surface area (Å²) in [6, 6.07) is 5.94. The highest BCUT2D eigenvalue weighted by molar-refractivity contribution is 5.95. The van der Waals surface area contributed by atoms with E-state index < -0.39 is 30.1 Å². The van der Waals surface area contributed by atoms with Crippen LogP contribution in [0.15, 0.2) is 36.5 Å². The van der Waals surface area contributed by atoms with Gasteiger partial charge in [-0.1, -0.05) is 0 Å². The van der Waals surface area contributed by atoms with E-state index in [0.29, 0.717) is 6.07 Å². The van der Waals surface area contributed by atoms with Crippen LogP contribution in [-0.2, 0) is 16.6 Å². The summed E-state index contributed by atoms with van der Waals surface area (Å²) in [5.41, 5.74) is 0.104. The zero-order valence-electron chi connectivity index (χ0n) is 11.1. The summed E-state index contributed by atoms with van der Waals surface area (Å²) in [6.45, 7) is -0.569. The predicted octanol–water partition coefficient (Wildman–Crippen LogP) is 2.10. The van der Waals surface area contributed by atoms with Crippen LogP contribution in [0.3, 0.4) is 0 Å². The summed E-state index contributed by atoms with van der Waals surface area (Å²) in [4.78, 5) is 23.2. The molecular weight excluding hydrogens is 282 g/mol. The first-order chi connectivity index (χ1) is 9.97. The van der Waals surface area contributed by atoms with Gasteiger partial charge in [0.2, 0.25) is 0 Å². The Balaban J connectivity index is 1.90. The monoisotopic (exact) mass is 294 g/mol. The molecule has 0 aliphatic heterocycles. The first-order valence-electron chi connectivity index (χ1n) is 6.00. The molecule has 7 heteroatoms. The standard InChI is InChI=1S/C14H12F2N2O3/c1-18-6-2-3-12(18)14(20)21-8-13(19)17-11-5-4-9(15)7-10(11)16/h2-7H,8H2,1H3,(H,17,19). The molecule has 110 valence electrons. The number of hydrogen-bond acceptors (Lipinski definition) is 3. The first kappa shape index (κ1) is 14.7. The minimum Gasteiger partial charge on any atom is -0.451 e. The summed E-state index contributed by atoms with van der Waals surface area (Å²) in [5, 5.41) is 2.19. The lowest BCUT2D eigenvalue weighted by Crippen LogP contribution is -2.22. The number of carbonyl (C=O) groups is 2. The van der Waals surface area contributed by atoms with Crippen LogP contribution < -0.4 is 5.32 Å². The van der Waals surface area contributed by atoms with Crippen LogP contribution in [0.25, 0.3) is 0 Å². The second-order valence-electron chi connectivity index (χ2n) is 4.25. The lowest BCUT2D eigenvalue weighted by atomic mass is 10.3. The fourth-order valence-corrected chi connectivity index (χ4v) is 1.66. The molecule has 0 spiro atoms. The van der Waals surface area contributed by atoms with Gasteiger partial charge in [0.15, 0.2) is 6.61 Å². The highest BCUT2D eigenvalue weighted by Gasteiger charge is 2.14. The average Bonchev–Trinajstić information content (AvgIpc) is 2.85. The van der Waals surface area contributed by atoms with Crippen LogP contribution in [0.4, 0.5) is 14.5 Å². The molecule has 0 atom stereocenters. The van der Waals surface area contributed by atoms with Crippen molar-refractivity contribution in [3.8, 4) is 0 Å². The Bertz CT molecular complexity index is 683. The molecule has 0 bridgehead atoms. The van der Waals surface area contributed by atoms with Crippen molar-refractivity contribution in [1.29, 1.82) is 0 Å². The number of aryl methyl sites for hydroxylation is 1. The number of anilines is 1. The Morgan fingerprint density at radius 1 is 1.29 bits per heavy atom. The molecule has 0 radical (unpaired) electrons. The van der Waals surface area contributed by atoms with Crippen molar-refractivity contribution in [2.45, 2.75) is 0 Å². The number of aromatic nitrogens is 1. The molecule has 0 unspecified atom stereocenters. The summed E-state index contributed by atoms with van der Waals surface area (Å²) >= 11 is 0. The summed E-state index contributed by atoms with van der Waals surface area (Å²) in [7, 11) is 1.66. The van der Waals surface area contributed by atoms with Gasteiger partial charge in [0.05, 0.1) is 5.69 Å². The molecule has 0 fully saturated rings. The fourth-order valence-electron chi connectivity index (χ4n) is 1.66. The lowest BCUT2D eigenvalue weighted by Gasteiger charge is -2.08. The maximum absolute atomic E-state index is 13.3. The second-order valence-corrected chi connectivity index (χ2v) is 4.25. The third-order valence-electron chi connectivity index (χ3n) is 2.69. The van der Waals surface area contributed by atoms with Crippen LogP contribution in [0.2, 0.25) is 0 Å². The van der Waals surface area contributed by atoms with Gasteiger partial charge in [-0.05, 0) is 24.3 Å². The number of nitrogens with one attached hydrogen (secondary N) is 1. The van der Waals surface area contributed by atoms with E-state index in [-0.39, 0.29) is 11.4 Å². The van der Waals surface area contributed by atoms with Crippen LogP contribution in [0.1, 0.15) is 10.5 Å². The molecule has 0 saturated heterocycles. The van der Waals surface area contributed by atoms with Crippen molar-refractivity contribution in [3.05, 3.63) is 53.9 Å². The van der Waals surface area contributed by atoms with Crippen molar-refractivity contribution in [3.63, 3.8) is 0 Å². The zero-order chi connectivity index (χ0) is 15.4. The highest BCUT2D eigenvalue weighted by Crippen LogP contribution is 2.14. The highest BCUT2D eigenvalue weighted by atomic mass is 19.1. The minimum absolute atomic E-state index is 0.184. The Morgan fingerprint density at radius 2 is 2.05 bits per heavy atom. The maximum atomic E-state index is 13.3. The Hall–Kier alpha value is -2.70. The van der Waals surface area contributed by atoms with E-state index in [4.69, 9.17) is 4.74 Å². The van der Waals surface area contributed by atoms with Crippen LogP contribution in [-0.4, -0.2) is 23.1 Å². The van der Waals surface area contributed by atoms with Gasteiger partial charge in [-0.25, -0.2) is 13.6 Å². The van der Waals surface area contributed by atoms with Crippen LogP contribution in [0.5, 0.6) is 0 Å². The number of rotatable bonds is 4. The molecule has 0 aliphatic carbocycles. The molecule has 1 amide bonds. The van der Waals surface area contributed by atoms with Gasteiger partial charge in [-0.2, -0.15) is 0 Å². The van der Waals surface area contributed by atoms with Crippen molar-refractivity contribution in [2.24, 2.45) is 7.05 Å². The van der Waals surface area contributed by atoms with Crippen molar-refractivity contribution < 1.29 is 23.1 Å². The zero-order valence-corrected chi connectivity index (χ0v) is 11.1. The molecule has 1 N–H and O–H groups in total. The molecule has 2 aromatic rings. The third kappa shape index (κ3) is 3.65. The van der Waals surface area contributed by atoms with E-state index in [9.17, 15) is 18.4 Å². The average molecular weight is 294 g/mol. The maximum Gasteiger partial charge on any atom is 0.355 e. The molecule has 0 saturated carbocycles. The van der Waals surface area contributed by atoms with Crippen LogP contribution in [0, 0.1) is 11.6 Å². The number of hydrogen-bond donors (Lipinski definition) is 1. The van der Waals surface area contributed by atoms with Gasteiger partial charge in [0, 0.05) is 19.3 Å².